The van der Waals surface area contributed by atoms with E-state index in [1.165, 1.54) is 19.3 Å². The molecule has 0 aromatic carbocycles. The minimum Gasteiger partial charge on any atom is -0.369 e. The number of hydrogen-bond acceptors (Lipinski definition) is 2. The molecular weight excluding hydrogens is 150 g/mol. The van der Waals surface area contributed by atoms with Gasteiger partial charge in [0, 0.05) is 13.1 Å². The van der Waals surface area contributed by atoms with Crippen LogP contribution in [0.2, 0.25) is 0 Å². The summed E-state index contributed by atoms with van der Waals surface area (Å²) < 4.78 is 0. The Kier molecular flexibility index (Phi) is 3.85. The van der Waals surface area contributed by atoms with E-state index in [0.717, 1.165) is 31.5 Å². The summed E-state index contributed by atoms with van der Waals surface area (Å²) in [5.74, 6) is 0. The van der Waals surface area contributed by atoms with Gasteiger partial charge in [-0.05, 0) is 25.7 Å². The summed E-state index contributed by atoms with van der Waals surface area (Å²) in [7, 11) is 0. The molecule has 0 radical (unpaired) electrons. The second-order valence-corrected chi connectivity index (χ2v) is 3.20. The van der Waals surface area contributed by atoms with Crippen LogP contribution in [0.25, 0.3) is 0 Å². The van der Waals surface area contributed by atoms with Crippen LogP contribution in [-0.2, 0) is 4.79 Å². The smallest absolute Gasteiger partial charge is 0.165 e. The van der Waals surface area contributed by atoms with E-state index in [4.69, 9.17) is 0 Å². The van der Waals surface area contributed by atoms with E-state index < -0.39 is 0 Å². The van der Waals surface area contributed by atoms with Gasteiger partial charge in [-0.2, -0.15) is 0 Å². The largest absolute Gasteiger partial charge is 0.369 e. The van der Waals surface area contributed by atoms with Crippen LogP contribution in [0.1, 0.15) is 32.6 Å². The molecule has 1 rings (SSSR count). The molecule has 2 heteroatoms. The first kappa shape index (κ1) is 9.30. The first-order valence-corrected chi connectivity index (χ1v) is 4.78. The first-order valence-electron chi connectivity index (χ1n) is 4.78. The summed E-state index contributed by atoms with van der Waals surface area (Å²) in [5, 5.41) is 0. The van der Waals surface area contributed by atoms with Crippen molar-refractivity contribution in [3.8, 4) is 0 Å². The van der Waals surface area contributed by atoms with Crippen LogP contribution in [0.5, 0.6) is 0 Å². The number of rotatable bonds is 3. The second-order valence-electron chi connectivity index (χ2n) is 3.20. The van der Waals surface area contributed by atoms with Gasteiger partial charge in [0.1, 0.15) is 0 Å². The van der Waals surface area contributed by atoms with Crippen molar-refractivity contribution < 1.29 is 4.79 Å². The van der Waals surface area contributed by atoms with Crippen LogP contribution in [-0.4, -0.2) is 24.3 Å². The maximum absolute atomic E-state index is 10.7. The number of likely N-dealkylation sites (tertiary alicyclic amines) is 1. The molecule has 12 heavy (non-hydrogen) atoms. The molecule has 68 valence electrons. The molecule has 0 unspecified atom stereocenters. The minimum atomic E-state index is 0.886. The predicted octanol–water partition coefficient (Wildman–Crippen LogP) is 1.97. The lowest BCUT2D eigenvalue weighted by Gasteiger charge is -2.28. The van der Waals surface area contributed by atoms with Crippen LogP contribution in [0.4, 0.5) is 0 Å². The third kappa shape index (κ3) is 2.36. The Morgan fingerprint density at radius 2 is 2.00 bits per heavy atom. The Balaban J connectivity index is 2.51. The van der Waals surface area contributed by atoms with Crippen LogP contribution in [0.3, 0.4) is 0 Å². The van der Waals surface area contributed by atoms with E-state index in [1.807, 2.05) is 6.08 Å². The number of aldehydes is 1. The molecule has 0 amide bonds. The molecule has 0 bridgehead atoms. The highest BCUT2D eigenvalue weighted by molar-refractivity contribution is 5.72. The summed E-state index contributed by atoms with van der Waals surface area (Å²) in [6, 6.07) is 0. The highest BCUT2D eigenvalue weighted by Crippen LogP contribution is 2.13. The van der Waals surface area contributed by atoms with Gasteiger partial charge in [-0.25, -0.2) is 0 Å². The highest BCUT2D eigenvalue weighted by atomic mass is 16.1. The van der Waals surface area contributed by atoms with E-state index in [1.54, 1.807) is 0 Å². The standard InChI is InChI=1S/C10H17NO/c1-2-6-10(9-12)11-7-4-3-5-8-11/h6,9H,2-5,7-8H2,1H3/b10-6-. The number of carbonyl (C=O) groups excluding carboxylic acids is 1. The Morgan fingerprint density at radius 3 is 2.50 bits per heavy atom. The Labute approximate surface area is 74.2 Å². The average Bonchev–Trinajstić information content (AvgIpc) is 2.15. The number of hydrogen-bond donors (Lipinski definition) is 0. The summed E-state index contributed by atoms with van der Waals surface area (Å²) in [5.41, 5.74) is 0.886. The van der Waals surface area contributed by atoms with Crippen molar-refractivity contribution in [3.63, 3.8) is 0 Å². The van der Waals surface area contributed by atoms with Gasteiger partial charge in [0.05, 0.1) is 5.70 Å². The molecule has 0 aromatic heterocycles. The van der Waals surface area contributed by atoms with Crippen molar-refractivity contribution in [2.24, 2.45) is 0 Å². The third-order valence-electron chi connectivity index (χ3n) is 2.26. The number of nitrogens with zero attached hydrogens (tertiary/aromatic N) is 1. The van der Waals surface area contributed by atoms with Crippen molar-refractivity contribution in [2.45, 2.75) is 32.6 Å². The quantitative estimate of drug-likeness (QED) is 0.473. The zero-order valence-corrected chi connectivity index (χ0v) is 7.75. The fraction of sp³-hybridized carbons (Fsp3) is 0.700. The molecule has 0 aromatic rings. The summed E-state index contributed by atoms with van der Waals surface area (Å²) in [4.78, 5) is 12.9. The molecule has 1 heterocycles. The van der Waals surface area contributed by atoms with Crippen molar-refractivity contribution in [1.82, 2.24) is 4.90 Å². The number of allylic oxidation sites excluding steroid dienone is 2. The normalized spacial score (nSPS) is 19.4. The van der Waals surface area contributed by atoms with Crippen molar-refractivity contribution in [1.29, 1.82) is 0 Å². The molecule has 1 fully saturated rings. The Morgan fingerprint density at radius 1 is 1.33 bits per heavy atom. The highest BCUT2D eigenvalue weighted by Gasteiger charge is 2.11. The fourth-order valence-corrected chi connectivity index (χ4v) is 1.61. The monoisotopic (exact) mass is 167 g/mol. The van der Waals surface area contributed by atoms with Crippen molar-refractivity contribution in [3.05, 3.63) is 11.8 Å². The molecule has 0 atom stereocenters. The second kappa shape index (κ2) is 4.96. The van der Waals surface area contributed by atoms with Gasteiger partial charge < -0.3 is 4.90 Å². The van der Waals surface area contributed by atoms with E-state index in [-0.39, 0.29) is 0 Å². The molecule has 1 saturated heterocycles. The SMILES string of the molecule is CC/C=C(/C=O)N1CCCCC1. The fourth-order valence-electron chi connectivity index (χ4n) is 1.61. The molecule has 0 saturated carbocycles. The molecule has 0 N–H and O–H groups in total. The van der Waals surface area contributed by atoms with Crippen LogP contribution >= 0.6 is 0 Å². The molecule has 2 nitrogen and oxygen atoms in total. The molecule has 0 spiro atoms. The lowest BCUT2D eigenvalue weighted by atomic mass is 10.1. The summed E-state index contributed by atoms with van der Waals surface area (Å²) in [6.07, 6.45) is 7.72. The van der Waals surface area contributed by atoms with Gasteiger partial charge in [0.25, 0.3) is 0 Å². The van der Waals surface area contributed by atoms with E-state index >= 15 is 0 Å². The molecular formula is C10H17NO. The average molecular weight is 167 g/mol. The molecule has 1 aliphatic heterocycles. The predicted molar refractivity (Wildman–Crippen MR) is 49.9 cm³/mol. The third-order valence-corrected chi connectivity index (χ3v) is 2.26. The van der Waals surface area contributed by atoms with Gasteiger partial charge in [-0.1, -0.05) is 13.0 Å². The maximum atomic E-state index is 10.7. The number of carbonyl (C=O) groups is 1. The number of piperidine rings is 1. The van der Waals surface area contributed by atoms with Gasteiger partial charge >= 0.3 is 0 Å². The van der Waals surface area contributed by atoms with Crippen LogP contribution in [0, 0.1) is 0 Å². The Hall–Kier alpha value is -0.790. The Bertz CT molecular complexity index is 169. The van der Waals surface area contributed by atoms with Crippen molar-refractivity contribution >= 4 is 6.29 Å². The lowest BCUT2D eigenvalue weighted by Crippen LogP contribution is -2.29. The molecule has 1 aliphatic rings. The van der Waals surface area contributed by atoms with Gasteiger partial charge in [0.15, 0.2) is 6.29 Å². The minimum absolute atomic E-state index is 0.886. The summed E-state index contributed by atoms with van der Waals surface area (Å²) >= 11 is 0. The maximum Gasteiger partial charge on any atom is 0.165 e. The van der Waals surface area contributed by atoms with E-state index in [0.29, 0.717) is 0 Å². The summed E-state index contributed by atoms with van der Waals surface area (Å²) in [6.45, 7) is 4.18. The van der Waals surface area contributed by atoms with Gasteiger partial charge in [-0.3, -0.25) is 4.79 Å². The zero-order chi connectivity index (χ0) is 8.81. The molecule has 0 aliphatic carbocycles. The van der Waals surface area contributed by atoms with Crippen LogP contribution in [0.15, 0.2) is 11.8 Å². The van der Waals surface area contributed by atoms with E-state index in [9.17, 15) is 4.79 Å². The first-order chi connectivity index (χ1) is 5.88. The zero-order valence-electron chi connectivity index (χ0n) is 7.75. The van der Waals surface area contributed by atoms with Gasteiger partial charge in [-0.15, -0.1) is 0 Å². The van der Waals surface area contributed by atoms with Gasteiger partial charge in [0.2, 0.25) is 0 Å². The van der Waals surface area contributed by atoms with Crippen molar-refractivity contribution in [2.75, 3.05) is 13.1 Å². The van der Waals surface area contributed by atoms with Crippen LogP contribution < -0.4 is 0 Å². The lowest BCUT2D eigenvalue weighted by molar-refractivity contribution is -0.106. The van der Waals surface area contributed by atoms with E-state index in [2.05, 4.69) is 11.8 Å². The topological polar surface area (TPSA) is 20.3 Å².